The number of pyridine rings is 2. The molecular weight excluding hydrogens is 478 g/mol. The summed E-state index contributed by atoms with van der Waals surface area (Å²) in [6.07, 6.45) is 4.11. The number of hydrogen-bond acceptors (Lipinski definition) is 8. The van der Waals surface area contributed by atoms with Gasteiger partial charge in [0.15, 0.2) is 17.8 Å². The third-order valence-corrected chi connectivity index (χ3v) is 6.97. The van der Waals surface area contributed by atoms with E-state index in [1.165, 1.54) is 5.56 Å². The monoisotopic (exact) mass is 505 g/mol. The first-order valence-corrected chi connectivity index (χ1v) is 12.5. The molecular formula is C29H27N7O2. The Balaban J connectivity index is 1.19. The van der Waals surface area contributed by atoms with Gasteiger partial charge in [0, 0.05) is 62.6 Å². The maximum Gasteiger partial charge on any atom is 0.164 e. The predicted octanol–water partition coefficient (Wildman–Crippen LogP) is 3.91. The molecule has 0 atom stereocenters. The lowest BCUT2D eigenvalue weighted by Crippen LogP contribution is -2.45. The maximum atomic E-state index is 11.0. The predicted molar refractivity (Wildman–Crippen MR) is 147 cm³/mol. The van der Waals surface area contributed by atoms with Crippen molar-refractivity contribution >= 4 is 29.0 Å². The molecule has 1 fully saturated rings. The van der Waals surface area contributed by atoms with Crippen LogP contribution < -0.4 is 10.6 Å². The molecule has 0 bridgehead atoms. The molecule has 1 saturated heterocycles. The van der Waals surface area contributed by atoms with Crippen molar-refractivity contribution < 1.29 is 9.90 Å². The third kappa shape index (κ3) is 4.44. The van der Waals surface area contributed by atoms with Crippen LogP contribution in [-0.2, 0) is 6.54 Å². The van der Waals surface area contributed by atoms with Crippen LogP contribution in [0.3, 0.4) is 0 Å². The molecule has 0 spiro atoms. The lowest BCUT2D eigenvalue weighted by Gasteiger charge is -2.36. The smallest absolute Gasteiger partial charge is 0.164 e. The second kappa shape index (κ2) is 9.95. The Bertz CT molecular complexity index is 1610. The van der Waals surface area contributed by atoms with Gasteiger partial charge in [0.2, 0.25) is 0 Å². The fourth-order valence-electron chi connectivity index (χ4n) is 4.95. The number of imidazole rings is 1. The third-order valence-electron chi connectivity index (χ3n) is 6.97. The molecule has 5 aromatic rings. The zero-order chi connectivity index (χ0) is 26.1. The standard InChI is InChI=1S/C29H27N7O2/c30-27-24(3-1-11-31-27)28-33-25-4-2-12-32-29(25)36(28)22-8-5-20(6-9-22)18-34-13-15-35(16-14-34)23-10-7-21(19-37)26(38)17-23/h1-12,17,19,38H,13-16,18H2,(H2,30,31). The Hall–Kier alpha value is -4.76. The number of anilines is 2. The highest BCUT2D eigenvalue weighted by atomic mass is 16.3. The van der Waals surface area contributed by atoms with Crippen LogP contribution >= 0.6 is 0 Å². The van der Waals surface area contributed by atoms with E-state index in [1.54, 1.807) is 24.5 Å². The van der Waals surface area contributed by atoms with Gasteiger partial charge in [0.05, 0.1) is 11.1 Å². The number of carbonyl (C=O) groups is 1. The quantitative estimate of drug-likeness (QED) is 0.334. The van der Waals surface area contributed by atoms with Crippen LogP contribution in [0, 0.1) is 0 Å². The fraction of sp³-hybridized carbons (Fsp3) is 0.172. The van der Waals surface area contributed by atoms with Crippen LogP contribution in [-0.4, -0.2) is 62.0 Å². The fourth-order valence-corrected chi connectivity index (χ4v) is 4.95. The summed E-state index contributed by atoms with van der Waals surface area (Å²) in [5.74, 6) is 1.16. The number of aromatic hydroxyl groups is 1. The number of phenolic OH excluding ortho intramolecular Hbond substituents is 1. The molecule has 38 heavy (non-hydrogen) atoms. The molecule has 9 heteroatoms. The normalized spacial score (nSPS) is 14.2. The molecule has 6 rings (SSSR count). The van der Waals surface area contributed by atoms with E-state index in [9.17, 15) is 9.90 Å². The second-order valence-corrected chi connectivity index (χ2v) is 9.34. The average molecular weight is 506 g/mol. The number of carbonyl (C=O) groups excluding carboxylic acids is 1. The van der Waals surface area contributed by atoms with Gasteiger partial charge in [-0.1, -0.05) is 12.1 Å². The topological polar surface area (TPSA) is 113 Å². The molecule has 0 saturated carbocycles. The lowest BCUT2D eigenvalue weighted by molar-refractivity contribution is 0.112. The Morgan fingerprint density at radius 3 is 2.37 bits per heavy atom. The van der Waals surface area contributed by atoms with Crippen molar-refractivity contribution in [3.8, 4) is 22.8 Å². The Labute approximate surface area is 219 Å². The number of aromatic nitrogens is 4. The van der Waals surface area contributed by atoms with Gasteiger partial charge in [-0.05, 0) is 54.1 Å². The number of piperazine rings is 1. The summed E-state index contributed by atoms with van der Waals surface area (Å²) in [5, 5.41) is 10.0. The summed E-state index contributed by atoms with van der Waals surface area (Å²) in [6.45, 7) is 4.34. The van der Waals surface area contributed by atoms with E-state index >= 15 is 0 Å². The zero-order valence-electron chi connectivity index (χ0n) is 20.7. The van der Waals surface area contributed by atoms with Gasteiger partial charge in [-0.15, -0.1) is 0 Å². The van der Waals surface area contributed by atoms with Crippen LogP contribution in [0.1, 0.15) is 15.9 Å². The molecule has 1 aliphatic rings. The minimum atomic E-state index is 0.0234. The molecule has 1 aliphatic heterocycles. The average Bonchev–Trinajstić information content (AvgIpc) is 3.33. The second-order valence-electron chi connectivity index (χ2n) is 9.34. The van der Waals surface area contributed by atoms with Crippen molar-refractivity contribution in [3.63, 3.8) is 0 Å². The van der Waals surface area contributed by atoms with E-state index in [4.69, 9.17) is 10.7 Å². The number of nitrogen functional groups attached to an aromatic ring is 1. The first-order chi connectivity index (χ1) is 18.6. The molecule has 3 N–H and O–H groups in total. The van der Waals surface area contributed by atoms with Crippen molar-refractivity contribution in [2.75, 3.05) is 36.8 Å². The summed E-state index contributed by atoms with van der Waals surface area (Å²) in [6, 6.07) is 21.3. The van der Waals surface area contributed by atoms with Crippen LogP contribution in [0.5, 0.6) is 5.75 Å². The van der Waals surface area contributed by atoms with Crippen molar-refractivity contribution in [3.05, 3.63) is 90.3 Å². The van der Waals surface area contributed by atoms with Crippen LogP contribution in [0.4, 0.5) is 11.5 Å². The van der Waals surface area contributed by atoms with Crippen molar-refractivity contribution in [1.82, 2.24) is 24.4 Å². The molecule has 0 unspecified atom stereocenters. The van der Waals surface area contributed by atoms with Crippen molar-refractivity contribution in [1.29, 1.82) is 0 Å². The first kappa shape index (κ1) is 23.6. The molecule has 3 aromatic heterocycles. The number of phenols is 1. The van der Waals surface area contributed by atoms with Gasteiger partial charge in [0.25, 0.3) is 0 Å². The van der Waals surface area contributed by atoms with E-state index in [-0.39, 0.29) is 5.75 Å². The molecule has 2 aromatic carbocycles. The minimum absolute atomic E-state index is 0.0234. The SMILES string of the molecule is Nc1ncccc1-c1nc2cccnc2n1-c1ccc(CN2CCN(c3ccc(C=O)c(O)c3)CC2)cc1. The van der Waals surface area contributed by atoms with Crippen molar-refractivity contribution in [2.24, 2.45) is 0 Å². The van der Waals surface area contributed by atoms with E-state index in [0.29, 0.717) is 23.5 Å². The van der Waals surface area contributed by atoms with Gasteiger partial charge in [-0.2, -0.15) is 0 Å². The molecule has 0 aliphatic carbocycles. The highest BCUT2D eigenvalue weighted by molar-refractivity contribution is 5.82. The van der Waals surface area contributed by atoms with Gasteiger partial charge in [-0.3, -0.25) is 14.3 Å². The molecule has 4 heterocycles. The maximum absolute atomic E-state index is 11.0. The minimum Gasteiger partial charge on any atom is -0.507 e. The summed E-state index contributed by atoms with van der Waals surface area (Å²) in [5.41, 5.74) is 11.9. The Morgan fingerprint density at radius 2 is 1.63 bits per heavy atom. The van der Waals surface area contributed by atoms with E-state index in [0.717, 1.165) is 60.8 Å². The van der Waals surface area contributed by atoms with Gasteiger partial charge in [-0.25, -0.2) is 15.0 Å². The van der Waals surface area contributed by atoms with Gasteiger partial charge >= 0.3 is 0 Å². The highest BCUT2D eigenvalue weighted by Crippen LogP contribution is 2.30. The van der Waals surface area contributed by atoms with E-state index < -0.39 is 0 Å². The van der Waals surface area contributed by atoms with Crippen LogP contribution in [0.15, 0.2) is 79.1 Å². The number of nitrogens with two attached hydrogens (primary N) is 1. The Morgan fingerprint density at radius 1 is 0.895 bits per heavy atom. The van der Waals surface area contributed by atoms with Gasteiger partial charge in [0.1, 0.15) is 17.1 Å². The van der Waals surface area contributed by atoms with Crippen LogP contribution in [0.2, 0.25) is 0 Å². The largest absolute Gasteiger partial charge is 0.507 e. The summed E-state index contributed by atoms with van der Waals surface area (Å²) in [7, 11) is 0. The number of aldehydes is 1. The number of fused-ring (bicyclic) bond motifs is 1. The number of nitrogens with zero attached hydrogens (tertiary/aromatic N) is 6. The summed E-state index contributed by atoms with van der Waals surface area (Å²) < 4.78 is 2.02. The number of benzene rings is 2. The summed E-state index contributed by atoms with van der Waals surface area (Å²) >= 11 is 0. The Kier molecular flexibility index (Phi) is 6.19. The molecule has 190 valence electrons. The zero-order valence-corrected chi connectivity index (χ0v) is 20.7. The van der Waals surface area contributed by atoms with Crippen LogP contribution in [0.25, 0.3) is 28.2 Å². The number of hydrogen-bond donors (Lipinski definition) is 2. The first-order valence-electron chi connectivity index (χ1n) is 12.5. The number of rotatable bonds is 6. The van der Waals surface area contributed by atoms with Crippen molar-refractivity contribution in [2.45, 2.75) is 6.54 Å². The highest BCUT2D eigenvalue weighted by Gasteiger charge is 2.20. The van der Waals surface area contributed by atoms with Gasteiger partial charge < -0.3 is 15.7 Å². The molecule has 9 nitrogen and oxygen atoms in total. The molecule has 0 amide bonds. The van der Waals surface area contributed by atoms with E-state index in [2.05, 4.69) is 44.0 Å². The van der Waals surface area contributed by atoms with E-state index in [1.807, 2.05) is 34.9 Å². The summed E-state index contributed by atoms with van der Waals surface area (Å²) in [4.78, 5) is 29.3. The lowest BCUT2D eigenvalue weighted by atomic mass is 10.1. The molecule has 0 radical (unpaired) electrons.